The molecule has 0 atom stereocenters. The highest BCUT2D eigenvalue weighted by molar-refractivity contribution is 7.07. The lowest BCUT2D eigenvalue weighted by Crippen LogP contribution is -2.26. The maximum absolute atomic E-state index is 12.5. The number of fused-ring (bicyclic) bond motifs is 1. The van der Waals surface area contributed by atoms with Gasteiger partial charge < -0.3 is 10.3 Å². The van der Waals surface area contributed by atoms with E-state index >= 15 is 0 Å². The number of H-pyrrole nitrogens is 1. The standard InChI is InChI=1S/C10H7N3S.C9H6F3N3O/c1-2-4-8-7(3-1)12-10(13-8)9-5-14-6-11-9;10-9(11,12)7-1-3-14-5-6(7)8(16)15-4-2-13/h1-6H,(H,12,13);1,3,5H,4H2,(H,15,16). The van der Waals surface area contributed by atoms with Crippen LogP contribution in [0.25, 0.3) is 22.6 Å². The van der Waals surface area contributed by atoms with Crippen LogP contribution in [-0.2, 0) is 6.18 Å². The molecule has 0 fully saturated rings. The zero-order chi connectivity index (χ0) is 21.6. The average Bonchev–Trinajstić information content (AvgIpc) is 3.41. The average molecular weight is 430 g/mol. The number of carbonyl (C=O) groups excluding carboxylic acids is 1. The Hall–Kier alpha value is -3.78. The highest BCUT2D eigenvalue weighted by atomic mass is 32.1. The van der Waals surface area contributed by atoms with Crippen LogP contribution in [0.5, 0.6) is 0 Å². The molecule has 0 radical (unpaired) electrons. The summed E-state index contributed by atoms with van der Waals surface area (Å²) in [5.41, 5.74) is 3.09. The van der Waals surface area contributed by atoms with Crippen molar-refractivity contribution in [2.75, 3.05) is 6.54 Å². The summed E-state index contributed by atoms with van der Waals surface area (Å²) in [5.74, 6) is -0.130. The van der Waals surface area contributed by atoms with Crippen LogP contribution < -0.4 is 5.32 Å². The van der Waals surface area contributed by atoms with E-state index in [0.29, 0.717) is 6.07 Å². The maximum atomic E-state index is 12.5. The third-order valence-electron chi connectivity index (χ3n) is 3.76. The molecule has 3 aromatic heterocycles. The van der Waals surface area contributed by atoms with E-state index in [1.807, 2.05) is 40.5 Å². The van der Waals surface area contributed by atoms with Gasteiger partial charge in [-0.05, 0) is 18.2 Å². The molecule has 0 saturated carbocycles. The fraction of sp³-hybridized carbons (Fsp3) is 0.105. The first-order valence-electron chi connectivity index (χ1n) is 8.40. The predicted molar refractivity (Wildman–Crippen MR) is 104 cm³/mol. The Balaban J connectivity index is 0.000000171. The van der Waals surface area contributed by atoms with Crippen LogP contribution >= 0.6 is 11.3 Å². The zero-order valence-electron chi connectivity index (χ0n) is 15.1. The number of nitriles is 1. The van der Waals surface area contributed by atoms with Crippen LogP contribution in [0.2, 0.25) is 0 Å². The van der Waals surface area contributed by atoms with E-state index in [-0.39, 0.29) is 6.54 Å². The number of imidazole rings is 1. The number of pyridine rings is 1. The molecule has 7 nitrogen and oxygen atoms in total. The highest BCUT2D eigenvalue weighted by Gasteiger charge is 2.35. The monoisotopic (exact) mass is 430 g/mol. The van der Waals surface area contributed by atoms with Crippen molar-refractivity contribution in [3.63, 3.8) is 0 Å². The van der Waals surface area contributed by atoms with Crippen LogP contribution in [0.15, 0.2) is 53.6 Å². The van der Waals surface area contributed by atoms with Gasteiger partial charge in [-0.25, -0.2) is 9.97 Å². The fourth-order valence-electron chi connectivity index (χ4n) is 2.44. The molecule has 152 valence electrons. The molecule has 2 N–H and O–H groups in total. The van der Waals surface area contributed by atoms with Gasteiger partial charge in [-0.15, -0.1) is 11.3 Å². The molecule has 3 heterocycles. The van der Waals surface area contributed by atoms with Crippen molar-refractivity contribution in [1.82, 2.24) is 25.3 Å². The second kappa shape index (κ2) is 9.15. The van der Waals surface area contributed by atoms with Gasteiger partial charge in [0.05, 0.1) is 33.7 Å². The Bertz CT molecular complexity index is 1150. The van der Waals surface area contributed by atoms with Gasteiger partial charge in [0.25, 0.3) is 5.91 Å². The molecule has 30 heavy (non-hydrogen) atoms. The summed E-state index contributed by atoms with van der Waals surface area (Å²) in [6.07, 6.45) is -2.86. The molecule has 0 aliphatic carbocycles. The van der Waals surface area contributed by atoms with Crippen LogP contribution in [0.4, 0.5) is 13.2 Å². The van der Waals surface area contributed by atoms with Gasteiger partial charge in [-0.2, -0.15) is 18.4 Å². The van der Waals surface area contributed by atoms with Gasteiger partial charge in [-0.1, -0.05) is 12.1 Å². The van der Waals surface area contributed by atoms with Gasteiger partial charge in [0, 0.05) is 17.8 Å². The van der Waals surface area contributed by atoms with E-state index in [0.717, 1.165) is 34.9 Å². The number of hydrogen-bond donors (Lipinski definition) is 2. The number of hydrogen-bond acceptors (Lipinski definition) is 6. The summed E-state index contributed by atoms with van der Waals surface area (Å²) in [6.45, 7) is -0.356. The minimum Gasteiger partial charge on any atom is -0.339 e. The van der Waals surface area contributed by atoms with E-state index in [9.17, 15) is 18.0 Å². The number of alkyl halides is 3. The van der Waals surface area contributed by atoms with Crippen molar-refractivity contribution in [3.8, 4) is 17.6 Å². The van der Waals surface area contributed by atoms with Crippen molar-refractivity contribution >= 4 is 28.3 Å². The maximum Gasteiger partial charge on any atom is 0.417 e. The predicted octanol–water partition coefficient (Wildman–Crippen LogP) is 4.04. The molecule has 0 spiro atoms. The molecule has 1 amide bonds. The first kappa shape index (κ1) is 20.9. The lowest BCUT2D eigenvalue weighted by atomic mass is 10.1. The Labute approximate surface area is 172 Å². The number of nitrogens with zero attached hydrogens (tertiary/aromatic N) is 4. The van der Waals surface area contributed by atoms with Crippen LogP contribution in [0, 0.1) is 11.3 Å². The molecule has 4 aromatic rings. The lowest BCUT2D eigenvalue weighted by molar-refractivity contribution is -0.138. The largest absolute Gasteiger partial charge is 0.417 e. The molecule has 11 heteroatoms. The van der Waals surface area contributed by atoms with Crippen molar-refractivity contribution in [2.24, 2.45) is 0 Å². The summed E-state index contributed by atoms with van der Waals surface area (Å²) in [6, 6.07) is 10.3. The third kappa shape index (κ3) is 4.98. The Kier molecular flexibility index (Phi) is 6.38. The molecule has 0 unspecified atom stereocenters. The first-order chi connectivity index (χ1) is 14.4. The first-order valence-corrected chi connectivity index (χ1v) is 9.34. The molecule has 0 aliphatic rings. The molecule has 4 rings (SSSR count). The van der Waals surface area contributed by atoms with E-state index in [1.165, 1.54) is 0 Å². The van der Waals surface area contributed by atoms with E-state index in [4.69, 9.17) is 5.26 Å². The number of rotatable bonds is 3. The number of benzene rings is 1. The molecule has 0 aliphatic heterocycles. The quantitative estimate of drug-likeness (QED) is 0.477. The second-order valence-electron chi connectivity index (χ2n) is 5.74. The van der Waals surface area contributed by atoms with Gasteiger partial charge >= 0.3 is 6.18 Å². The summed E-state index contributed by atoms with van der Waals surface area (Å²) in [5, 5.41) is 12.2. The normalized spacial score (nSPS) is 10.7. The van der Waals surface area contributed by atoms with Crippen molar-refractivity contribution in [1.29, 1.82) is 5.26 Å². The van der Waals surface area contributed by atoms with Gasteiger partial charge in [-0.3, -0.25) is 9.78 Å². The number of aromatic amines is 1. The Morgan fingerprint density at radius 1 is 1.27 bits per heavy atom. The molecular formula is C19H13F3N6OS. The molecule has 0 saturated heterocycles. The van der Waals surface area contributed by atoms with Gasteiger partial charge in [0.2, 0.25) is 0 Å². The van der Waals surface area contributed by atoms with Crippen LogP contribution in [0.1, 0.15) is 15.9 Å². The number of carbonyl (C=O) groups is 1. The fourth-order valence-corrected chi connectivity index (χ4v) is 2.98. The summed E-state index contributed by atoms with van der Waals surface area (Å²) in [4.78, 5) is 26.6. The minimum atomic E-state index is -4.62. The van der Waals surface area contributed by atoms with Gasteiger partial charge in [0.1, 0.15) is 12.2 Å². The topological polar surface area (TPSA) is 107 Å². The van der Waals surface area contributed by atoms with Crippen molar-refractivity contribution in [2.45, 2.75) is 6.18 Å². The summed E-state index contributed by atoms with van der Waals surface area (Å²) in [7, 11) is 0. The Morgan fingerprint density at radius 3 is 2.73 bits per heavy atom. The van der Waals surface area contributed by atoms with Crippen molar-refractivity contribution in [3.05, 3.63) is 64.7 Å². The molecular weight excluding hydrogens is 417 g/mol. The van der Waals surface area contributed by atoms with E-state index in [2.05, 4.69) is 19.9 Å². The smallest absolute Gasteiger partial charge is 0.339 e. The van der Waals surface area contributed by atoms with Crippen molar-refractivity contribution < 1.29 is 18.0 Å². The molecule has 0 bridgehead atoms. The number of nitrogens with one attached hydrogen (secondary N) is 2. The number of amides is 1. The summed E-state index contributed by atoms with van der Waals surface area (Å²) >= 11 is 1.57. The van der Waals surface area contributed by atoms with Gasteiger partial charge in [0.15, 0.2) is 5.82 Å². The van der Waals surface area contributed by atoms with Crippen LogP contribution in [-0.4, -0.2) is 32.4 Å². The number of aromatic nitrogens is 4. The number of thiazole rings is 1. The third-order valence-corrected chi connectivity index (χ3v) is 4.35. The minimum absolute atomic E-state index is 0.356. The SMILES string of the molecule is N#CCNC(=O)c1cnccc1C(F)(F)F.c1ccc2[nH]c(-c3cscn3)nc2c1. The molecule has 1 aromatic carbocycles. The van der Waals surface area contributed by atoms with E-state index < -0.39 is 23.2 Å². The number of para-hydroxylation sites is 2. The van der Waals surface area contributed by atoms with Crippen LogP contribution in [0.3, 0.4) is 0 Å². The zero-order valence-corrected chi connectivity index (χ0v) is 16.0. The second-order valence-corrected chi connectivity index (χ2v) is 6.45. The highest BCUT2D eigenvalue weighted by Crippen LogP contribution is 2.31. The number of halogens is 3. The summed E-state index contributed by atoms with van der Waals surface area (Å²) < 4.78 is 37.4. The lowest BCUT2D eigenvalue weighted by Gasteiger charge is -2.10. The Morgan fingerprint density at radius 2 is 2.07 bits per heavy atom. The van der Waals surface area contributed by atoms with E-state index in [1.54, 1.807) is 17.4 Å².